The third-order valence-electron chi connectivity index (χ3n) is 6.32. The third kappa shape index (κ3) is 9.83. The quantitative estimate of drug-likeness (QED) is 0.293. The molecule has 1 fully saturated rings. The number of carbonyl (C=O) groups excluding carboxylic acids is 1. The molecule has 0 spiro atoms. The molecule has 1 saturated heterocycles. The largest absolute Gasteiger partial charge is 0.497 e. The van der Waals surface area contributed by atoms with Crippen LogP contribution < -0.4 is 19.5 Å². The first-order chi connectivity index (χ1) is 18.0. The summed E-state index contributed by atoms with van der Waals surface area (Å²) in [5.74, 6) is 1.93. The molecule has 0 unspecified atom stereocenters. The highest BCUT2D eigenvalue weighted by molar-refractivity contribution is 5.76. The molecule has 3 atom stereocenters. The van der Waals surface area contributed by atoms with Gasteiger partial charge >= 0.3 is 0 Å². The number of β-amino-alcohol motifs (C(OH)–C–C–N with tert-alkyl or cyclic N) is 1. The predicted molar refractivity (Wildman–Crippen MR) is 139 cm³/mol. The van der Waals surface area contributed by atoms with Crippen molar-refractivity contribution < 1.29 is 33.6 Å². The topological polar surface area (TPSA) is 100 Å². The van der Waals surface area contributed by atoms with E-state index in [0.717, 1.165) is 5.75 Å². The minimum Gasteiger partial charge on any atom is -0.497 e. The molecule has 1 aliphatic heterocycles. The van der Waals surface area contributed by atoms with E-state index in [1.165, 1.54) is 0 Å². The molecular weight excluding hydrogens is 479 g/mol. The number of hydrogen-bond acceptors (Lipinski definition) is 7. The molecule has 0 aliphatic carbocycles. The van der Waals surface area contributed by atoms with Gasteiger partial charge in [-0.2, -0.15) is 0 Å². The molecule has 204 valence electrons. The fourth-order valence-electron chi connectivity index (χ4n) is 4.23. The van der Waals surface area contributed by atoms with Crippen molar-refractivity contribution in [3.05, 3.63) is 54.1 Å². The van der Waals surface area contributed by atoms with Crippen LogP contribution in [0.4, 0.5) is 4.39 Å². The van der Waals surface area contributed by atoms with Crippen LogP contribution in [-0.4, -0.2) is 79.8 Å². The maximum absolute atomic E-state index is 12.7. The van der Waals surface area contributed by atoms with E-state index in [2.05, 4.69) is 5.32 Å². The number of unbranched alkanes of at least 4 members (excludes halogenated alkanes) is 1. The Bertz CT molecular complexity index is 927. The van der Waals surface area contributed by atoms with E-state index in [-0.39, 0.29) is 19.0 Å². The van der Waals surface area contributed by atoms with E-state index in [9.17, 15) is 19.4 Å². The number of hydrogen-bond donors (Lipinski definition) is 3. The van der Waals surface area contributed by atoms with E-state index in [4.69, 9.17) is 14.2 Å². The Morgan fingerprint density at radius 3 is 2.24 bits per heavy atom. The highest BCUT2D eigenvalue weighted by atomic mass is 19.1. The van der Waals surface area contributed by atoms with E-state index in [1.807, 2.05) is 29.2 Å². The summed E-state index contributed by atoms with van der Waals surface area (Å²) in [6, 6.07) is 13.8. The lowest BCUT2D eigenvalue weighted by Gasteiger charge is -2.29. The second-order valence-electron chi connectivity index (χ2n) is 9.26. The summed E-state index contributed by atoms with van der Waals surface area (Å²) >= 11 is 0. The van der Waals surface area contributed by atoms with E-state index >= 15 is 0 Å². The van der Waals surface area contributed by atoms with Gasteiger partial charge in [-0.05, 0) is 67.6 Å². The Morgan fingerprint density at radius 2 is 1.65 bits per heavy atom. The molecule has 2 aromatic carbocycles. The summed E-state index contributed by atoms with van der Waals surface area (Å²) in [5, 5.41) is 24.0. The molecule has 3 rings (SSSR count). The maximum Gasteiger partial charge on any atom is 0.220 e. The zero-order chi connectivity index (χ0) is 26.5. The van der Waals surface area contributed by atoms with E-state index < -0.39 is 18.2 Å². The Morgan fingerprint density at radius 1 is 1.03 bits per heavy atom. The maximum atomic E-state index is 12.7. The number of rotatable bonds is 16. The zero-order valence-electron chi connectivity index (χ0n) is 21.5. The van der Waals surface area contributed by atoms with Crippen LogP contribution in [0.1, 0.15) is 43.8 Å². The second kappa shape index (κ2) is 15.4. The molecule has 37 heavy (non-hydrogen) atoms. The molecule has 0 radical (unpaired) electrons. The standard InChI is InChI=1S/C28H39FN2O6/c1-35-23-10-12-25(13-11-23)37-18-4-5-27(33)30-26(20-31-16-14-22(32)19-31)28(34)21-6-8-24(9-7-21)36-17-3-2-15-29/h6-13,22,26,28,32,34H,2-5,14-20H2,1H3,(H,30,33)/t22-,26-,28-/m1/s1. The molecule has 2 aromatic rings. The van der Waals surface area contributed by atoms with Gasteiger partial charge in [0, 0.05) is 26.1 Å². The zero-order valence-corrected chi connectivity index (χ0v) is 21.5. The molecule has 1 aliphatic rings. The highest BCUT2D eigenvalue weighted by Gasteiger charge is 2.28. The van der Waals surface area contributed by atoms with Crippen LogP contribution in [0.5, 0.6) is 17.2 Å². The van der Waals surface area contributed by atoms with Crippen molar-refractivity contribution >= 4 is 5.91 Å². The number of aliphatic hydroxyl groups excluding tert-OH is 2. The summed E-state index contributed by atoms with van der Waals surface area (Å²) in [5.41, 5.74) is 0.656. The van der Waals surface area contributed by atoms with Crippen molar-refractivity contribution in [1.82, 2.24) is 10.2 Å². The number of likely N-dealkylation sites (tertiary alicyclic amines) is 1. The summed E-state index contributed by atoms with van der Waals surface area (Å²) in [4.78, 5) is 14.8. The normalized spacial score (nSPS) is 17.2. The second-order valence-corrected chi connectivity index (χ2v) is 9.26. The fourth-order valence-corrected chi connectivity index (χ4v) is 4.23. The van der Waals surface area contributed by atoms with Gasteiger partial charge in [0.2, 0.25) is 5.91 Å². The van der Waals surface area contributed by atoms with Gasteiger partial charge in [0.25, 0.3) is 0 Å². The molecular formula is C28H39FN2O6. The Kier molecular flexibility index (Phi) is 11.9. The van der Waals surface area contributed by atoms with Gasteiger partial charge < -0.3 is 29.7 Å². The Labute approximate surface area is 218 Å². The lowest BCUT2D eigenvalue weighted by Crippen LogP contribution is -2.47. The first-order valence-corrected chi connectivity index (χ1v) is 12.9. The van der Waals surface area contributed by atoms with E-state index in [1.54, 1.807) is 31.4 Å². The van der Waals surface area contributed by atoms with Crippen LogP contribution in [0.25, 0.3) is 0 Å². The van der Waals surface area contributed by atoms with E-state index in [0.29, 0.717) is 75.6 Å². The van der Waals surface area contributed by atoms with Crippen LogP contribution in [0.15, 0.2) is 48.5 Å². The molecule has 3 N–H and O–H groups in total. The molecule has 0 aromatic heterocycles. The van der Waals surface area contributed by atoms with Crippen LogP contribution in [0.2, 0.25) is 0 Å². The number of aliphatic hydroxyl groups is 2. The van der Waals surface area contributed by atoms with Gasteiger partial charge in [-0.25, -0.2) is 0 Å². The number of benzene rings is 2. The third-order valence-corrected chi connectivity index (χ3v) is 6.32. The van der Waals surface area contributed by atoms with Crippen LogP contribution in [0.3, 0.4) is 0 Å². The van der Waals surface area contributed by atoms with Gasteiger partial charge in [-0.15, -0.1) is 0 Å². The van der Waals surface area contributed by atoms with Crippen molar-refractivity contribution in [3.8, 4) is 17.2 Å². The van der Waals surface area contributed by atoms with Gasteiger partial charge in [-0.3, -0.25) is 14.1 Å². The van der Waals surface area contributed by atoms with Crippen molar-refractivity contribution in [2.45, 2.75) is 50.4 Å². The summed E-state index contributed by atoms with van der Waals surface area (Å²) in [6.07, 6.45) is 1.24. The minimum absolute atomic E-state index is 0.171. The minimum atomic E-state index is -0.933. The SMILES string of the molecule is COc1ccc(OCCCC(=O)N[C@H](CN2CC[C@@H](O)C2)[C@H](O)c2ccc(OCCCCF)cc2)cc1. The number of ether oxygens (including phenoxy) is 3. The van der Waals surface area contributed by atoms with Crippen molar-refractivity contribution in [2.75, 3.05) is 46.6 Å². The molecule has 0 saturated carbocycles. The monoisotopic (exact) mass is 518 g/mol. The smallest absolute Gasteiger partial charge is 0.220 e. The summed E-state index contributed by atoms with van der Waals surface area (Å²) in [6.45, 7) is 2.11. The Hall–Kier alpha value is -2.88. The molecule has 0 bridgehead atoms. The number of amides is 1. The Balaban J connectivity index is 1.52. The van der Waals surface area contributed by atoms with Gasteiger partial charge in [0.1, 0.15) is 23.4 Å². The average Bonchev–Trinajstić information content (AvgIpc) is 3.33. The lowest BCUT2D eigenvalue weighted by atomic mass is 10.0. The van der Waals surface area contributed by atoms with Gasteiger partial charge in [-0.1, -0.05) is 12.1 Å². The number of nitrogens with zero attached hydrogens (tertiary/aromatic N) is 1. The molecule has 8 nitrogen and oxygen atoms in total. The summed E-state index contributed by atoms with van der Waals surface area (Å²) in [7, 11) is 1.60. The number of nitrogens with one attached hydrogen (secondary N) is 1. The molecule has 9 heteroatoms. The average molecular weight is 519 g/mol. The van der Waals surface area contributed by atoms with Crippen LogP contribution >= 0.6 is 0 Å². The van der Waals surface area contributed by atoms with Gasteiger partial charge in [0.15, 0.2) is 0 Å². The fraction of sp³-hybridized carbons (Fsp3) is 0.536. The highest BCUT2D eigenvalue weighted by Crippen LogP contribution is 2.23. The number of alkyl halides is 1. The molecule has 1 heterocycles. The van der Waals surface area contributed by atoms with Crippen LogP contribution in [-0.2, 0) is 4.79 Å². The first kappa shape index (κ1) is 28.7. The number of carbonyl (C=O) groups is 1. The van der Waals surface area contributed by atoms with Crippen molar-refractivity contribution in [3.63, 3.8) is 0 Å². The van der Waals surface area contributed by atoms with Crippen molar-refractivity contribution in [2.24, 2.45) is 0 Å². The predicted octanol–water partition coefficient (Wildman–Crippen LogP) is 3.27. The van der Waals surface area contributed by atoms with Crippen LogP contribution in [0, 0.1) is 0 Å². The van der Waals surface area contributed by atoms with Gasteiger partial charge in [0.05, 0.1) is 39.1 Å². The van der Waals surface area contributed by atoms with Crippen molar-refractivity contribution in [1.29, 1.82) is 0 Å². The first-order valence-electron chi connectivity index (χ1n) is 12.9. The summed E-state index contributed by atoms with van der Waals surface area (Å²) < 4.78 is 28.7. The number of halogens is 1. The lowest BCUT2D eigenvalue weighted by molar-refractivity contribution is -0.123. The molecule has 1 amide bonds. The number of methoxy groups -OCH3 is 1.